The maximum atomic E-state index is 14.5. The first kappa shape index (κ1) is 19.9. The van der Waals surface area contributed by atoms with Gasteiger partial charge in [0.1, 0.15) is 11.3 Å². The van der Waals surface area contributed by atoms with Crippen LogP contribution in [0.25, 0.3) is 11.1 Å². The van der Waals surface area contributed by atoms with Crippen LogP contribution in [0.1, 0.15) is 20.9 Å². The summed E-state index contributed by atoms with van der Waals surface area (Å²) in [6.45, 7) is 0. The second kappa shape index (κ2) is 7.66. The predicted octanol–water partition coefficient (Wildman–Crippen LogP) is 4.60. The Morgan fingerprint density at radius 2 is 1.83 bits per heavy atom. The number of amides is 1. The van der Waals surface area contributed by atoms with Gasteiger partial charge >= 0.3 is 11.9 Å². The number of rotatable bonds is 5. The topological polar surface area (TPSA) is 80.0 Å². The van der Waals surface area contributed by atoms with Crippen molar-refractivity contribution in [1.29, 1.82) is 0 Å². The first-order chi connectivity index (χ1) is 13.8. The number of carboxylic acid groups (broad SMARTS) is 1. The first-order valence-electron chi connectivity index (χ1n) is 7.89. The minimum atomic E-state index is -1.98. The molecule has 3 rings (SSSR count). The number of carbonyl (C=O) groups is 2. The highest BCUT2D eigenvalue weighted by molar-refractivity contribution is 6.09. The minimum Gasteiger partial charge on any atom is -0.497 e. The lowest BCUT2D eigenvalue weighted by Crippen LogP contribution is -2.25. The standard InChI is InChI=1S/C19H11F4NO5/c1-28-10-4-2-3-9(7-10)12-8-13(20)16(15(22)14(12)21)24(23)18(25)17-11(19(26)27)5-6-29-17/h2-8H,1H3,(H,26,27). The smallest absolute Gasteiger partial charge is 0.339 e. The number of carboxylic acids is 1. The maximum absolute atomic E-state index is 14.5. The Morgan fingerprint density at radius 3 is 2.48 bits per heavy atom. The number of ether oxygens (including phenoxy) is 1. The number of anilines is 1. The van der Waals surface area contributed by atoms with Crippen LogP contribution in [0.5, 0.6) is 5.75 Å². The molecule has 3 aromatic rings. The molecule has 0 fully saturated rings. The Hall–Kier alpha value is -3.82. The number of hydrogen-bond donors (Lipinski definition) is 1. The van der Waals surface area contributed by atoms with E-state index in [0.717, 1.165) is 12.3 Å². The van der Waals surface area contributed by atoms with Crippen LogP contribution in [0, 0.1) is 17.5 Å². The molecule has 0 bridgehead atoms. The quantitative estimate of drug-likeness (QED) is 0.378. The van der Waals surface area contributed by atoms with Crippen molar-refractivity contribution in [3.8, 4) is 16.9 Å². The monoisotopic (exact) mass is 409 g/mol. The zero-order valence-electron chi connectivity index (χ0n) is 14.6. The number of methoxy groups -OCH3 is 1. The zero-order valence-corrected chi connectivity index (χ0v) is 14.6. The van der Waals surface area contributed by atoms with Crippen molar-refractivity contribution < 1.29 is 41.5 Å². The summed E-state index contributed by atoms with van der Waals surface area (Å²) >= 11 is 0. The van der Waals surface area contributed by atoms with Gasteiger partial charge in [0.25, 0.3) is 0 Å². The van der Waals surface area contributed by atoms with Gasteiger partial charge in [0.15, 0.2) is 23.1 Å². The lowest BCUT2D eigenvalue weighted by molar-refractivity contribution is 0.0687. The zero-order chi connectivity index (χ0) is 21.3. The molecular weight excluding hydrogens is 398 g/mol. The van der Waals surface area contributed by atoms with Gasteiger partial charge in [-0.2, -0.15) is 0 Å². The molecule has 0 aliphatic rings. The molecule has 0 aliphatic heterocycles. The molecule has 0 saturated carbocycles. The van der Waals surface area contributed by atoms with Crippen LogP contribution in [0.15, 0.2) is 47.1 Å². The van der Waals surface area contributed by atoms with E-state index in [1.807, 2.05) is 0 Å². The van der Waals surface area contributed by atoms with E-state index in [0.29, 0.717) is 6.07 Å². The molecule has 10 heteroatoms. The van der Waals surface area contributed by atoms with Gasteiger partial charge in [0.2, 0.25) is 5.76 Å². The van der Waals surface area contributed by atoms with Gasteiger partial charge in [0.05, 0.1) is 13.4 Å². The van der Waals surface area contributed by atoms with E-state index in [-0.39, 0.29) is 11.3 Å². The lowest BCUT2D eigenvalue weighted by Gasteiger charge is -2.15. The third kappa shape index (κ3) is 3.51. The summed E-state index contributed by atoms with van der Waals surface area (Å²) in [5.74, 6) is -9.38. The molecule has 29 heavy (non-hydrogen) atoms. The van der Waals surface area contributed by atoms with E-state index < -0.39 is 57.0 Å². The normalized spacial score (nSPS) is 10.7. The molecule has 1 heterocycles. The average Bonchev–Trinajstić information content (AvgIpc) is 3.20. The lowest BCUT2D eigenvalue weighted by atomic mass is 10.0. The molecule has 0 saturated heterocycles. The number of furan rings is 1. The van der Waals surface area contributed by atoms with Crippen LogP contribution in [-0.4, -0.2) is 24.1 Å². The van der Waals surface area contributed by atoms with Crippen LogP contribution in [-0.2, 0) is 0 Å². The Bertz CT molecular complexity index is 1110. The van der Waals surface area contributed by atoms with Crippen LogP contribution >= 0.6 is 0 Å². The van der Waals surface area contributed by atoms with Crippen LogP contribution in [0.4, 0.5) is 23.3 Å². The Balaban J connectivity index is 2.07. The van der Waals surface area contributed by atoms with Gasteiger partial charge in [-0.1, -0.05) is 16.6 Å². The molecule has 0 atom stereocenters. The Kier molecular flexibility index (Phi) is 5.26. The van der Waals surface area contributed by atoms with Crippen molar-refractivity contribution in [2.24, 2.45) is 0 Å². The van der Waals surface area contributed by atoms with Crippen LogP contribution in [0.3, 0.4) is 0 Å². The number of nitrogens with zero attached hydrogens (tertiary/aromatic N) is 1. The maximum Gasteiger partial charge on any atom is 0.339 e. The van der Waals surface area contributed by atoms with E-state index in [1.54, 1.807) is 0 Å². The summed E-state index contributed by atoms with van der Waals surface area (Å²) in [7, 11) is 1.34. The highest BCUT2D eigenvalue weighted by Gasteiger charge is 2.33. The van der Waals surface area contributed by atoms with Crippen molar-refractivity contribution in [2.75, 3.05) is 12.2 Å². The van der Waals surface area contributed by atoms with Gasteiger partial charge in [-0.05, 0) is 29.8 Å². The average molecular weight is 409 g/mol. The Morgan fingerprint density at radius 1 is 1.10 bits per heavy atom. The minimum absolute atomic E-state index is 0.0436. The number of aromatic carboxylic acids is 1. The summed E-state index contributed by atoms with van der Waals surface area (Å²) in [6, 6.07) is 6.98. The molecule has 0 aliphatic carbocycles. The third-order valence-electron chi connectivity index (χ3n) is 3.98. The third-order valence-corrected chi connectivity index (χ3v) is 3.98. The highest BCUT2D eigenvalue weighted by Crippen LogP contribution is 2.35. The first-order valence-corrected chi connectivity index (χ1v) is 7.89. The molecule has 6 nitrogen and oxygen atoms in total. The molecule has 1 aromatic heterocycles. The number of carbonyl (C=O) groups excluding carboxylic acids is 1. The second-order valence-electron chi connectivity index (χ2n) is 5.67. The van der Waals surface area contributed by atoms with E-state index in [4.69, 9.17) is 9.84 Å². The fourth-order valence-electron chi connectivity index (χ4n) is 2.60. The van der Waals surface area contributed by atoms with E-state index in [1.165, 1.54) is 31.4 Å². The SMILES string of the molecule is COc1cccc(-c2cc(F)c(N(F)C(=O)c3occc3C(=O)O)c(F)c2F)c1. The Labute approximate surface area is 160 Å². The summed E-state index contributed by atoms with van der Waals surface area (Å²) < 4.78 is 67.5. The second-order valence-corrected chi connectivity index (χ2v) is 5.67. The molecule has 0 spiro atoms. The molecule has 2 aromatic carbocycles. The largest absolute Gasteiger partial charge is 0.497 e. The number of benzene rings is 2. The highest BCUT2D eigenvalue weighted by atomic mass is 19.2. The van der Waals surface area contributed by atoms with E-state index >= 15 is 0 Å². The van der Waals surface area contributed by atoms with Crippen molar-refractivity contribution in [3.63, 3.8) is 0 Å². The van der Waals surface area contributed by atoms with Crippen molar-refractivity contribution in [2.45, 2.75) is 0 Å². The number of hydrogen-bond acceptors (Lipinski definition) is 4. The predicted molar refractivity (Wildman–Crippen MR) is 91.9 cm³/mol. The van der Waals surface area contributed by atoms with Gasteiger partial charge < -0.3 is 14.3 Å². The summed E-state index contributed by atoms with van der Waals surface area (Å²) in [4.78, 5) is 23.1. The van der Waals surface area contributed by atoms with Crippen LogP contribution in [0.2, 0.25) is 0 Å². The molecule has 1 amide bonds. The van der Waals surface area contributed by atoms with E-state index in [9.17, 15) is 27.2 Å². The fraction of sp³-hybridized carbons (Fsp3) is 0.0526. The molecule has 0 unspecified atom stereocenters. The summed E-state index contributed by atoms with van der Waals surface area (Å²) in [5.41, 5.74) is -2.87. The summed E-state index contributed by atoms with van der Waals surface area (Å²) in [6.07, 6.45) is 0.781. The number of halogens is 4. The van der Waals surface area contributed by atoms with Crippen molar-refractivity contribution in [3.05, 3.63) is 71.4 Å². The fourth-order valence-corrected chi connectivity index (χ4v) is 2.60. The van der Waals surface area contributed by atoms with Crippen LogP contribution < -0.4 is 9.86 Å². The molecule has 150 valence electrons. The van der Waals surface area contributed by atoms with Gasteiger partial charge in [-0.3, -0.25) is 4.79 Å². The van der Waals surface area contributed by atoms with Crippen molar-refractivity contribution in [1.82, 2.24) is 0 Å². The van der Waals surface area contributed by atoms with Gasteiger partial charge in [0, 0.05) is 5.56 Å². The van der Waals surface area contributed by atoms with Gasteiger partial charge in [-0.15, -0.1) is 5.12 Å². The summed E-state index contributed by atoms with van der Waals surface area (Å²) in [5, 5.41) is 7.90. The molecule has 0 radical (unpaired) electrons. The van der Waals surface area contributed by atoms with Crippen molar-refractivity contribution >= 4 is 17.6 Å². The molecular formula is C19H11F4NO5. The molecule has 1 N–H and O–H groups in total. The van der Waals surface area contributed by atoms with Gasteiger partial charge in [-0.25, -0.2) is 18.0 Å². The van der Waals surface area contributed by atoms with E-state index in [2.05, 4.69) is 4.42 Å².